The van der Waals surface area contributed by atoms with E-state index in [1.165, 1.54) is 0 Å². The molecule has 0 bridgehead atoms. The van der Waals surface area contributed by atoms with Crippen molar-refractivity contribution in [3.63, 3.8) is 0 Å². The van der Waals surface area contributed by atoms with Gasteiger partial charge >= 0.3 is 0 Å². The maximum Gasteiger partial charge on any atom is 0.234 e. The normalized spacial score (nSPS) is 13.3. The van der Waals surface area contributed by atoms with Crippen molar-refractivity contribution in [2.45, 2.75) is 38.2 Å². The Kier molecular flexibility index (Phi) is 5.09. The van der Waals surface area contributed by atoms with Gasteiger partial charge in [0.2, 0.25) is 11.7 Å². The predicted octanol–water partition coefficient (Wildman–Crippen LogP) is 2.82. The molecule has 2 rings (SSSR count). The lowest BCUT2D eigenvalue weighted by molar-refractivity contribution is 0.126. The molecule has 1 heterocycles. The Bertz CT molecular complexity index is 541. The third-order valence-corrected chi connectivity index (χ3v) is 4.21. The summed E-state index contributed by atoms with van der Waals surface area (Å²) in [4.78, 5) is 4.56. The van der Waals surface area contributed by atoms with Crippen molar-refractivity contribution >= 4 is 0 Å². The molecule has 0 fully saturated rings. The Hall–Kier alpha value is -1.72. The average molecular weight is 289 g/mol. The van der Waals surface area contributed by atoms with Crippen LogP contribution in [0.4, 0.5) is 0 Å². The number of aromatic nitrogens is 2. The topological polar surface area (TPSA) is 74.2 Å². The van der Waals surface area contributed by atoms with E-state index in [0.29, 0.717) is 18.3 Å². The van der Waals surface area contributed by atoms with Crippen molar-refractivity contribution in [1.29, 1.82) is 0 Å². The van der Waals surface area contributed by atoms with Gasteiger partial charge in [-0.05, 0) is 18.4 Å². The van der Waals surface area contributed by atoms with Crippen LogP contribution in [-0.4, -0.2) is 23.8 Å². The highest BCUT2D eigenvalue weighted by Crippen LogP contribution is 2.31. The van der Waals surface area contributed by atoms with Crippen LogP contribution >= 0.6 is 0 Å². The molecule has 0 aliphatic carbocycles. The fourth-order valence-corrected chi connectivity index (χ4v) is 2.50. The first kappa shape index (κ1) is 15.7. The Balaban J connectivity index is 2.34. The highest BCUT2D eigenvalue weighted by Gasteiger charge is 2.34. The van der Waals surface area contributed by atoms with Crippen LogP contribution in [-0.2, 0) is 10.2 Å². The molecule has 5 nitrogen and oxygen atoms in total. The van der Waals surface area contributed by atoms with Crippen LogP contribution in [0.1, 0.15) is 50.1 Å². The van der Waals surface area contributed by atoms with Crippen LogP contribution in [0, 0.1) is 0 Å². The molecule has 0 amide bonds. The highest BCUT2D eigenvalue weighted by atomic mass is 16.5. The predicted molar refractivity (Wildman–Crippen MR) is 80.9 cm³/mol. The van der Waals surface area contributed by atoms with E-state index in [9.17, 15) is 0 Å². The molecule has 1 unspecified atom stereocenters. The average Bonchev–Trinajstić information content (AvgIpc) is 3.02. The summed E-state index contributed by atoms with van der Waals surface area (Å²) in [6, 6.07) is 9.86. The zero-order valence-corrected chi connectivity index (χ0v) is 12.9. The molecule has 0 radical (unpaired) electrons. The first-order chi connectivity index (χ1) is 10.2. The number of hydrogen-bond acceptors (Lipinski definition) is 5. The standard InChI is InChI=1S/C16H23N3O2/c1-4-16(5-2,11-17)15-18-14(19-21-15)13(20-3)12-9-7-6-8-10-12/h6-10,13H,4-5,11,17H2,1-3H3. The Morgan fingerprint density at radius 1 is 1.24 bits per heavy atom. The van der Waals surface area contributed by atoms with Gasteiger partial charge in [-0.25, -0.2) is 0 Å². The number of ether oxygens (including phenoxy) is 1. The quantitative estimate of drug-likeness (QED) is 0.848. The van der Waals surface area contributed by atoms with Crippen LogP contribution in [0.3, 0.4) is 0 Å². The van der Waals surface area contributed by atoms with Crippen LogP contribution in [0.15, 0.2) is 34.9 Å². The molecule has 1 atom stereocenters. The summed E-state index contributed by atoms with van der Waals surface area (Å²) in [6.07, 6.45) is 1.41. The maximum atomic E-state index is 5.93. The van der Waals surface area contributed by atoms with Gasteiger partial charge < -0.3 is 15.0 Å². The second kappa shape index (κ2) is 6.83. The number of nitrogens with zero attached hydrogens (tertiary/aromatic N) is 2. The number of methoxy groups -OCH3 is 1. The smallest absolute Gasteiger partial charge is 0.234 e. The zero-order valence-electron chi connectivity index (χ0n) is 12.9. The molecule has 1 aromatic heterocycles. The number of benzene rings is 1. The van der Waals surface area contributed by atoms with Gasteiger partial charge in [0.15, 0.2) is 0 Å². The fraction of sp³-hybridized carbons (Fsp3) is 0.500. The summed E-state index contributed by atoms with van der Waals surface area (Å²) in [5.74, 6) is 1.14. The molecule has 0 aliphatic heterocycles. The molecule has 0 spiro atoms. The van der Waals surface area contributed by atoms with E-state index in [1.54, 1.807) is 7.11 Å². The second-order valence-corrected chi connectivity index (χ2v) is 5.18. The van der Waals surface area contributed by atoms with Crippen molar-refractivity contribution in [2.75, 3.05) is 13.7 Å². The first-order valence-electron chi connectivity index (χ1n) is 7.32. The van der Waals surface area contributed by atoms with Gasteiger partial charge in [0.1, 0.15) is 6.10 Å². The van der Waals surface area contributed by atoms with Crippen LogP contribution in [0.25, 0.3) is 0 Å². The van der Waals surface area contributed by atoms with Crippen molar-refractivity contribution < 1.29 is 9.26 Å². The lowest BCUT2D eigenvalue weighted by Crippen LogP contribution is -2.34. The van der Waals surface area contributed by atoms with Crippen molar-refractivity contribution in [3.8, 4) is 0 Å². The molecular weight excluding hydrogens is 266 g/mol. The van der Waals surface area contributed by atoms with E-state index in [4.69, 9.17) is 15.0 Å². The lowest BCUT2D eigenvalue weighted by atomic mass is 9.82. The molecule has 0 aliphatic rings. The monoisotopic (exact) mass is 289 g/mol. The van der Waals surface area contributed by atoms with E-state index in [2.05, 4.69) is 24.0 Å². The van der Waals surface area contributed by atoms with Gasteiger partial charge in [0, 0.05) is 13.7 Å². The van der Waals surface area contributed by atoms with Crippen LogP contribution in [0.2, 0.25) is 0 Å². The minimum atomic E-state index is -0.326. The molecule has 21 heavy (non-hydrogen) atoms. The molecule has 114 valence electrons. The van der Waals surface area contributed by atoms with Crippen molar-refractivity contribution in [3.05, 3.63) is 47.6 Å². The second-order valence-electron chi connectivity index (χ2n) is 5.18. The number of nitrogens with two attached hydrogens (primary N) is 1. The van der Waals surface area contributed by atoms with Gasteiger partial charge in [-0.3, -0.25) is 0 Å². The van der Waals surface area contributed by atoms with Gasteiger partial charge in [0.05, 0.1) is 5.41 Å². The summed E-state index contributed by atoms with van der Waals surface area (Å²) in [7, 11) is 1.64. The van der Waals surface area contributed by atoms with Gasteiger partial charge in [0.25, 0.3) is 0 Å². The Morgan fingerprint density at radius 2 is 1.90 bits per heavy atom. The van der Waals surface area contributed by atoms with E-state index in [-0.39, 0.29) is 11.5 Å². The molecule has 1 aromatic carbocycles. The minimum Gasteiger partial charge on any atom is -0.369 e. The van der Waals surface area contributed by atoms with Crippen molar-refractivity contribution in [1.82, 2.24) is 10.1 Å². The lowest BCUT2D eigenvalue weighted by Gasteiger charge is -2.25. The van der Waals surface area contributed by atoms with E-state index >= 15 is 0 Å². The molecule has 2 aromatic rings. The van der Waals surface area contributed by atoms with Crippen LogP contribution < -0.4 is 5.73 Å². The zero-order chi connectivity index (χ0) is 15.3. The van der Waals surface area contributed by atoms with E-state index in [0.717, 1.165) is 18.4 Å². The van der Waals surface area contributed by atoms with Crippen molar-refractivity contribution in [2.24, 2.45) is 5.73 Å². The summed E-state index contributed by atoms with van der Waals surface area (Å²) >= 11 is 0. The van der Waals surface area contributed by atoms with Gasteiger partial charge in [-0.2, -0.15) is 4.98 Å². The minimum absolute atomic E-state index is 0.250. The third kappa shape index (κ3) is 2.99. The fourth-order valence-electron chi connectivity index (χ4n) is 2.50. The SMILES string of the molecule is CCC(CC)(CN)c1nc(C(OC)c2ccccc2)no1. The number of hydrogen-bond donors (Lipinski definition) is 1. The molecular formula is C16H23N3O2. The molecule has 0 saturated carbocycles. The van der Waals surface area contributed by atoms with Crippen LogP contribution in [0.5, 0.6) is 0 Å². The van der Waals surface area contributed by atoms with Gasteiger partial charge in [-0.1, -0.05) is 49.3 Å². The van der Waals surface area contributed by atoms with E-state index < -0.39 is 0 Å². The largest absolute Gasteiger partial charge is 0.369 e. The highest BCUT2D eigenvalue weighted by molar-refractivity contribution is 5.23. The van der Waals surface area contributed by atoms with Gasteiger partial charge in [-0.15, -0.1) is 0 Å². The summed E-state index contributed by atoms with van der Waals surface area (Å²) in [5.41, 5.74) is 6.68. The Labute approximate surface area is 125 Å². The molecule has 0 saturated heterocycles. The Morgan fingerprint density at radius 3 is 2.43 bits per heavy atom. The third-order valence-electron chi connectivity index (χ3n) is 4.21. The maximum absolute atomic E-state index is 5.93. The van der Waals surface area contributed by atoms with E-state index in [1.807, 2.05) is 30.3 Å². The number of rotatable bonds is 7. The first-order valence-corrected chi connectivity index (χ1v) is 7.32. The molecule has 5 heteroatoms. The summed E-state index contributed by atoms with van der Waals surface area (Å²) in [5, 5.41) is 4.11. The summed E-state index contributed by atoms with van der Waals surface area (Å²) < 4.78 is 11.0. The summed E-state index contributed by atoms with van der Waals surface area (Å²) in [6.45, 7) is 4.67. The molecule has 2 N–H and O–H groups in total.